The van der Waals surface area contributed by atoms with Gasteiger partial charge in [-0.2, -0.15) is 0 Å². The van der Waals surface area contributed by atoms with E-state index < -0.39 is 0 Å². The van der Waals surface area contributed by atoms with Crippen molar-refractivity contribution in [3.63, 3.8) is 0 Å². The third-order valence-electron chi connectivity index (χ3n) is 4.01. The van der Waals surface area contributed by atoms with Gasteiger partial charge in [-0.3, -0.25) is 9.59 Å². The van der Waals surface area contributed by atoms with E-state index in [1.807, 2.05) is 30.0 Å². The smallest absolute Gasteiger partial charge is 0.222 e. The number of amides is 2. The van der Waals surface area contributed by atoms with Crippen LogP contribution in [-0.2, 0) is 9.59 Å². The van der Waals surface area contributed by atoms with Crippen LogP contribution in [0.4, 0.5) is 0 Å². The van der Waals surface area contributed by atoms with Gasteiger partial charge >= 0.3 is 0 Å². The monoisotopic (exact) mass is 338 g/mol. The van der Waals surface area contributed by atoms with E-state index in [0.717, 1.165) is 16.3 Å². The van der Waals surface area contributed by atoms with Gasteiger partial charge in [0.1, 0.15) is 5.75 Å². The Bertz CT molecular complexity index is 569. The third kappa shape index (κ3) is 5.13. The van der Waals surface area contributed by atoms with Crippen LogP contribution in [0.3, 0.4) is 0 Å². The van der Waals surface area contributed by atoms with Crippen LogP contribution in [0.2, 0.25) is 5.02 Å². The molecule has 0 N–H and O–H groups in total. The fourth-order valence-corrected chi connectivity index (χ4v) is 2.67. The lowest BCUT2D eigenvalue weighted by Gasteiger charge is -2.34. The normalized spacial score (nSPS) is 14.7. The predicted molar refractivity (Wildman–Crippen MR) is 89.8 cm³/mol. The number of halogens is 1. The first-order valence-electron chi connectivity index (χ1n) is 7.89. The molecule has 0 saturated carbocycles. The van der Waals surface area contributed by atoms with Gasteiger partial charge < -0.3 is 14.5 Å². The highest BCUT2D eigenvalue weighted by Gasteiger charge is 2.21. The molecule has 126 valence electrons. The standard InChI is InChI=1S/C17H23ClN2O3/c1-13-12-15(5-6-16(13)18)23-11-3-4-17(22)20-9-7-19(8-10-20)14(2)21/h5-6,12H,3-4,7-11H2,1-2H3. The summed E-state index contributed by atoms with van der Waals surface area (Å²) in [6.07, 6.45) is 1.14. The van der Waals surface area contributed by atoms with Crippen molar-refractivity contribution in [3.8, 4) is 5.75 Å². The van der Waals surface area contributed by atoms with Crippen molar-refractivity contribution in [2.75, 3.05) is 32.8 Å². The highest BCUT2D eigenvalue weighted by molar-refractivity contribution is 6.31. The molecule has 1 aromatic carbocycles. The highest BCUT2D eigenvalue weighted by atomic mass is 35.5. The van der Waals surface area contributed by atoms with Crippen LogP contribution in [0.25, 0.3) is 0 Å². The Labute approximate surface area is 142 Å². The Balaban J connectivity index is 1.67. The van der Waals surface area contributed by atoms with Crippen LogP contribution in [0.15, 0.2) is 18.2 Å². The molecule has 0 unspecified atom stereocenters. The topological polar surface area (TPSA) is 49.9 Å². The van der Waals surface area contributed by atoms with E-state index in [2.05, 4.69) is 0 Å². The zero-order valence-corrected chi connectivity index (χ0v) is 14.4. The van der Waals surface area contributed by atoms with Crippen molar-refractivity contribution in [1.29, 1.82) is 0 Å². The molecule has 1 saturated heterocycles. The Kier molecular flexibility index (Phi) is 6.28. The number of carbonyl (C=O) groups is 2. The molecule has 0 atom stereocenters. The summed E-state index contributed by atoms with van der Waals surface area (Å²) in [5.74, 6) is 0.974. The van der Waals surface area contributed by atoms with Crippen molar-refractivity contribution in [2.24, 2.45) is 0 Å². The van der Waals surface area contributed by atoms with Gasteiger partial charge in [0.15, 0.2) is 0 Å². The largest absolute Gasteiger partial charge is 0.494 e. The van der Waals surface area contributed by atoms with Crippen molar-refractivity contribution in [3.05, 3.63) is 28.8 Å². The second-order valence-electron chi connectivity index (χ2n) is 5.75. The molecule has 0 aromatic heterocycles. The van der Waals surface area contributed by atoms with Gasteiger partial charge in [-0.25, -0.2) is 0 Å². The molecule has 5 nitrogen and oxygen atoms in total. The second-order valence-corrected chi connectivity index (χ2v) is 6.16. The summed E-state index contributed by atoms with van der Waals surface area (Å²) < 4.78 is 5.65. The molecule has 1 aliphatic rings. The van der Waals surface area contributed by atoms with Crippen LogP contribution in [0, 0.1) is 6.92 Å². The second kappa shape index (κ2) is 8.20. The number of ether oxygens (including phenoxy) is 1. The minimum atomic E-state index is 0.0729. The summed E-state index contributed by atoms with van der Waals surface area (Å²) in [4.78, 5) is 27.0. The average Bonchev–Trinajstić information content (AvgIpc) is 2.54. The number of benzene rings is 1. The van der Waals surface area contributed by atoms with Gasteiger partial charge in [0.05, 0.1) is 6.61 Å². The summed E-state index contributed by atoms with van der Waals surface area (Å²) in [6, 6.07) is 5.54. The minimum absolute atomic E-state index is 0.0729. The van der Waals surface area contributed by atoms with Crippen molar-refractivity contribution in [2.45, 2.75) is 26.7 Å². The Hall–Kier alpha value is -1.75. The van der Waals surface area contributed by atoms with E-state index >= 15 is 0 Å². The maximum atomic E-state index is 12.1. The molecule has 2 rings (SSSR count). The van der Waals surface area contributed by atoms with E-state index in [1.165, 1.54) is 0 Å². The first-order valence-corrected chi connectivity index (χ1v) is 8.27. The molecule has 2 amide bonds. The molecule has 0 bridgehead atoms. The number of piperazine rings is 1. The van der Waals surface area contributed by atoms with Crippen LogP contribution >= 0.6 is 11.6 Å². The highest BCUT2D eigenvalue weighted by Crippen LogP contribution is 2.21. The maximum Gasteiger partial charge on any atom is 0.222 e. The number of hydrogen-bond acceptors (Lipinski definition) is 3. The molecule has 1 aromatic rings. The number of hydrogen-bond donors (Lipinski definition) is 0. The first-order chi connectivity index (χ1) is 11.0. The summed E-state index contributed by atoms with van der Waals surface area (Å²) in [5.41, 5.74) is 0.976. The lowest BCUT2D eigenvalue weighted by Crippen LogP contribution is -2.50. The molecule has 6 heteroatoms. The fourth-order valence-electron chi connectivity index (χ4n) is 2.55. The van der Waals surface area contributed by atoms with Gasteiger partial charge in [-0.1, -0.05) is 11.6 Å². The van der Waals surface area contributed by atoms with Gasteiger partial charge in [0.25, 0.3) is 0 Å². The van der Waals surface area contributed by atoms with E-state index in [9.17, 15) is 9.59 Å². The molecule has 1 aliphatic heterocycles. The zero-order chi connectivity index (χ0) is 16.8. The minimum Gasteiger partial charge on any atom is -0.494 e. The molecule has 23 heavy (non-hydrogen) atoms. The van der Waals surface area contributed by atoms with E-state index in [-0.39, 0.29) is 11.8 Å². The number of carbonyl (C=O) groups excluding carboxylic acids is 2. The quantitative estimate of drug-likeness (QED) is 0.775. The number of nitrogens with zero attached hydrogens (tertiary/aromatic N) is 2. The summed E-state index contributed by atoms with van der Waals surface area (Å²) >= 11 is 5.97. The molecule has 0 radical (unpaired) electrons. The van der Waals surface area contributed by atoms with Crippen LogP contribution in [0.5, 0.6) is 5.75 Å². The summed E-state index contributed by atoms with van der Waals surface area (Å²) in [5, 5.41) is 0.720. The molecule has 0 aliphatic carbocycles. The number of aryl methyl sites for hydroxylation is 1. The Morgan fingerprint density at radius 3 is 2.43 bits per heavy atom. The Morgan fingerprint density at radius 1 is 1.17 bits per heavy atom. The molecule has 0 spiro atoms. The van der Waals surface area contributed by atoms with Crippen molar-refractivity contribution in [1.82, 2.24) is 9.80 Å². The zero-order valence-electron chi connectivity index (χ0n) is 13.7. The predicted octanol–water partition coefficient (Wildman–Crippen LogP) is 2.50. The van der Waals surface area contributed by atoms with E-state index in [4.69, 9.17) is 16.3 Å². The average molecular weight is 339 g/mol. The lowest BCUT2D eigenvalue weighted by atomic mass is 10.2. The van der Waals surface area contributed by atoms with E-state index in [1.54, 1.807) is 11.8 Å². The Morgan fingerprint density at radius 2 is 1.83 bits per heavy atom. The molecule has 1 fully saturated rings. The number of rotatable bonds is 5. The molecule has 1 heterocycles. The van der Waals surface area contributed by atoms with Gasteiger partial charge in [0.2, 0.25) is 11.8 Å². The molecular weight excluding hydrogens is 316 g/mol. The maximum absolute atomic E-state index is 12.1. The van der Waals surface area contributed by atoms with Crippen molar-refractivity contribution < 1.29 is 14.3 Å². The SMILES string of the molecule is CC(=O)N1CCN(C(=O)CCCOc2ccc(Cl)c(C)c2)CC1. The van der Waals surface area contributed by atoms with Gasteiger partial charge in [0, 0.05) is 44.5 Å². The van der Waals surface area contributed by atoms with Crippen LogP contribution < -0.4 is 4.74 Å². The van der Waals surface area contributed by atoms with Crippen LogP contribution in [0.1, 0.15) is 25.3 Å². The summed E-state index contributed by atoms with van der Waals surface area (Å²) in [6.45, 7) is 6.49. The van der Waals surface area contributed by atoms with E-state index in [0.29, 0.717) is 45.6 Å². The first kappa shape index (κ1) is 17.6. The van der Waals surface area contributed by atoms with Gasteiger partial charge in [-0.15, -0.1) is 0 Å². The fraction of sp³-hybridized carbons (Fsp3) is 0.529. The summed E-state index contributed by atoms with van der Waals surface area (Å²) in [7, 11) is 0. The van der Waals surface area contributed by atoms with Crippen LogP contribution in [-0.4, -0.2) is 54.4 Å². The van der Waals surface area contributed by atoms with Crippen molar-refractivity contribution >= 4 is 23.4 Å². The molecular formula is C17H23ClN2O3. The third-order valence-corrected chi connectivity index (χ3v) is 4.43. The lowest BCUT2D eigenvalue weighted by molar-refractivity contribution is -0.138. The van der Waals surface area contributed by atoms with Gasteiger partial charge in [-0.05, 0) is 37.1 Å².